The average Bonchev–Trinajstić information content (AvgIpc) is 2.12. The van der Waals surface area contributed by atoms with Crippen LogP contribution in [0.5, 0.6) is 0 Å². The van der Waals surface area contributed by atoms with E-state index < -0.39 is 24.9 Å². The molecule has 0 rings (SSSR count). The maximum Gasteiger partial charge on any atom is 0.109 e. The van der Waals surface area contributed by atoms with E-state index >= 15 is 0 Å². The summed E-state index contributed by atoms with van der Waals surface area (Å²) in [5.74, 6) is 0. The van der Waals surface area contributed by atoms with E-state index in [0.717, 1.165) is 0 Å². The molecule has 0 radical (unpaired) electrons. The van der Waals surface area contributed by atoms with Gasteiger partial charge in [-0.25, -0.2) is 0 Å². The largest absolute Gasteiger partial charge is 0.394 e. The van der Waals surface area contributed by atoms with Crippen molar-refractivity contribution < 1.29 is 25.2 Å². The molecular weight excluding hydrogens is 164 g/mol. The quantitative estimate of drug-likeness (QED) is 0.383. The Bertz CT molecular complexity index is 108. The second-order valence-electron chi connectivity index (χ2n) is 2.60. The van der Waals surface area contributed by atoms with Gasteiger partial charge in [0.25, 0.3) is 0 Å². The van der Waals surface area contributed by atoms with Crippen LogP contribution in [-0.2, 0) is 4.74 Å². The highest BCUT2D eigenvalue weighted by Crippen LogP contribution is 2.02. The smallest absolute Gasteiger partial charge is 0.109 e. The predicted molar refractivity (Wildman–Crippen MR) is 41.6 cm³/mol. The van der Waals surface area contributed by atoms with E-state index in [4.69, 9.17) is 25.2 Å². The van der Waals surface area contributed by atoms with Crippen molar-refractivity contribution in [1.29, 1.82) is 0 Å². The fraction of sp³-hybridized carbons (Fsp3) is 1.00. The van der Waals surface area contributed by atoms with Crippen molar-refractivity contribution in [2.24, 2.45) is 0 Å². The summed E-state index contributed by atoms with van der Waals surface area (Å²) in [5.41, 5.74) is 0. The molecule has 0 aliphatic rings. The van der Waals surface area contributed by atoms with E-state index in [1.807, 2.05) is 0 Å². The van der Waals surface area contributed by atoms with Crippen LogP contribution in [0.15, 0.2) is 0 Å². The van der Waals surface area contributed by atoms with Gasteiger partial charge in [0.1, 0.15) is 12.2 Å². The van der Waals surface area contributed by atoms with E-state index in [1.54, 1.807) is 6.92 Å². The number of hydrogen-bond acceptors (Lipinski definition) is 5. The van der Waals surface area contributed by atoms with Crippen molar-refractivity contribution >= 4 is 0 Å². The summed E-state index contributed by atoms with van der Waals surface area (Å²) >= 11 is 0. The molecule has 0 aromatic rings. The molecule has 0 aromatic carbocycles. The lowest BCUT2D eigenvalue weighted by Crippen LogP contribution is -2.38. The summed E-state index contributed by atoms with van der Waals surface area (Å²) in [5, 5.41) is 34.8. The van der Waals surface area contributed by atoms with E-state index in [0.29, 0.717) is 0 Å². The highest BCUT2D eigenvalue weighted by atomic mass is 16.5. The third kappa shape index (κ3) is 3.99. The molecule has 5 nitrogen and oxygen atoms in total. The second kappa shape index (κ2) is 6.33. The summed E-state index contributed by atoms with van der Waals surface area (Å²) in [6.07, 6.45) is -2.40. The fourth-order valence-corrected chi connectivity index (χ4v) is 0.714. The topological polar surface area (TPSA) is 90.2 Å². The van der Waals surface area contributed by atoms with Crippen molar-refractivity contribution in [1.82, 2.24) is 0 Å². The average molecular weight is 180 g/mol. The molecule has 0 heterocycles. The molecule has 74 valence electrons. The molecule has 0 aliphatic carbocycles. The Hall–Kier alpha value is -0.200. The Morgan fingerprint density at radius 2 is 1.67 bits per heavy atom. The minimum Gasteiger partial charge on any atom is -0.394 e. The molecule has 0 saturated carbocycles. The summed E-state index contributed by atoms with van der Waals surface area (Å²) in [7, 11) is 0. The van der Waals surface area contributed by atoms with Gasteiger partial charge >= 0.3 is 0 Å². The SMILES string of the molecule is CC(CO)OC(CO)[C@@H](O)CO. The van der Waals surface area contributed by atoms with E-state index in [1.165, 1.54) is 0 Å². The molecule has 0 amide bonds. The van der Waals surface area contributed by atoms with Crippen LogP contribution in [0.4, 0.5) is 0 Å². The van der Waals surface area contributed by atoms with Gasteiger partial charge in [-0.2, -0.15) is 0 Å². The van der Waals surface area contributed by atoms with Gasteiger partial charge in [0, 0.05) is 0 Å². The Morgan fingerprint density at radius 3 is 2.00 bits per heavy atom. The van der Waals surface area contributed by atoms with E-state index in [-0.39, 0.29) is 13.2 Å². The van der Waals surface area contributed by atoms with Gasteiger partial charge in [-0.3, -0.25) is 0 Å². The van der Waals surface area contributed by atoms with E-state index in [9.17, 15) is 0 Å². The Balaban J connectivity index is 3.81. The van der Waals surface area contributed by atoms with Crippen LogP contribution < -0.4 is 0 Å². The molecule has 0 saturated heterocycles. The molecule has 5 heteroatoms. The van der Waals surface area contributed by atoms with Crippen LogP contribution in [0.1, 0.15) is 6.92 Å². The van der Waals surface area contributed by atoms with Crippen molar-refractivity contribution in [3.63, 3.8) is 0 Å². The number of rotatable bonds is 6. The van der Waals surface area contributed by atoms with Crippen molar-refractivity contribution in [3.8, 4) is 0 Å². The first kappa shape index (κ1) is 11.8. The molecular formula is C7H16O5. The van der Waals surface area contributed by atoms with Crippen molar-refractivity contribution in [2.75, 3.05) is 19.8 Å². The lowest BCUT2D eigenvalue weighted by Gasteiger charge is -2.22. The summed E-state index contributed by atoms with van der Waals surface area (Å²) in [6.45, 7) is 0.566. The van der Waals surface area contributed by atoms with Gasteiger partial charge in [0.15, 0.2) is 0 Å². The zero-order chi connectivity index (χ0) is 9.56. The molecule has 3 atom stereocenters. The van der Waals surface area contributed by atoms with Gasteiger partial charge in [-0.1, -0.05) is 0 Å². The van der Waals surface area contributed by atoms with Crippen LogP contribution in [0.25, 0.3) is 0 Å². The van der Waals surface area contributed by atoms with Gasteiger partial charge in [0.2, 0.25) is 0 Å². The van der Waals surface area contributed by atoms with Crippen LogP contribution in [-0.4, -0.2) is 58.6 Å². The zero-order valence-electron chi connectivity index (χ0n) is 7.05. The van der Waals surface area contributed by atoms with Crippen LogP contribution >= 0.6 is 0 Å². The van der Waals surface area contributed by atoms with Gasteiger partial charge in [-0.05, 0) is 6.92 Å². The highest BCUT2D eigenvalue weighted by molar-refractivity contribution is 4.68. The normalized spacial score (nSPS) is 18.8. The third-order valence-corrected chi connectivity index (χ3v) is 1.46. The number of aliphatic hydroxyl groups excluding tert-OH is 4. The second-order valence-corrected chi connectivity index (χ2v) is 2.60. The van der Waals surface area contributed by atoms with Gasteiger partial charge in [-0.15, -0.1) is 0 Å². The Morgan fingerprint density at radius 1 is 1.08 bits per heavy atom. The Labute approximate surface area is 71.2 Å². The first-order valence-corrected chi connectivity index (χ1v) is 3.81. The van der Waals surface area contributed by atoms with Gasteiger partial charge in [0.05, 0.1) is 25.9 Å². The Kier molecular flexibility index (Phi) is 6.23. The van der Waals surface area contributed by atoms with Crippen molar-refractivity contribution in [3.05, 3.63) is 0 Å². The maximum absolute atomic E-state index is 9.05. The molecule has 0 aliphatic heterocycles. The summed E-state index contributed by atoms with van der Waals surface area (Å²) in [6, 6.07) is 0. The molecule has 12 heavy (non-hydrogen) atoms. The predicted octanol–water partition coefficient (Wildman–Crippen LogP) is -1.90. The number of aliphatic hydroxyl groups is 4. The van der Waals surface area contributed by atoms with Crippen molar-refractivity contribution in [2.45, 2.75) is 25.2 Å². The zero-order valence-corrected chi connectivity index (χ0v) is 7.05. The summed E-state index contributed by atoms with van der Waals surface area (Å²) < 4.78 is 4.99. The number of hydrogen-bond donors (Lipinski definition) is 4. The standard InChI is InChI=1S/C7H16O5/c1-5(2-8)12-7(4-10)6(11)3-9/h5-11H,2-4H2,1H3/t5?,6-,7?/m0/s1. The molecule has 0 bridgehead atoms. The highest BCUT2D eigenvalue weighted by Gasteiger charge is 2.20. The van der Waals surface area contributed by atoms with Crippen LogP contribution in [0.3, 0.4) is 0 Å². The monoisotopic (exact) mass is 180 g/mol. The molecule has 0 spiro atoms. The van der Waals surface area contributed by atoms with Crippen LogP contribution in [0.2, 0.25) is 0 Å². The maximum atomic E-state index is 9.05. The molecule has 2 unspecified atom stereocenters. The minimum atomic E-state index is -1.11. The lowest BCUT2D eigenvalue weighted by molar-refractivity contribution is -0.115. The first-order chi connectivity index (χ1) is 5.65. The lowest BCUT2D eigenvalue weighted by atomic mass is 10.2. The van der Waals surface area contributed by atoms with Gasteiger partial charge < -0.3 is 25.2 Å². The molecule has 0 aromatic heterocycles. The molecule has 0 fully saturated rings. The minimum absolute atomic E-state index is 0.186. The first-order valence-electron chi connectivity index (χ1n) is 3.81. The summed E-state index contributed by atoms with van der Waals surface area (Å²) in [4.78, 5) is 0. The number of ether oxygens (including phenoxy) is 1. The van der Waals surface area contributed by atoms with Crippen LogP contribution in [0, 0.1) is 0 Å². The fourth-order valence-electron chi connectivity index (χ4n) is 0.714. The van der Waals surface area contributed by atoms with E-state index in [2.05, 4.69) is 0 Å². The molecule has 4 N–H and O–H groups in total. The third-order valence-electron chi connectivity index (χ3n) is 1.46.